The van der Waals surface area contributed by atoms with Crippen LogP contribution in [0.3, 0.4) is 0 Å². The van der Waals surface area contributed by atoms with Crippen molar-refractivity contribution < 1.29 is 14.5 Å². The van der Waals surface area contributed by atoms with Crippen molar-refractivity contribution in [3.05, 3.63) is 94.0 Å². The summed E-state index contributed by atoms with van der Waals surface area (Å²) in [5.74, 6) is 0.310. The number of rotatable bonds is 7. The fraction of sp³-hybridized carbons (Fsp3) is 0.136. The minimum atomic E-state index is -0.511. The summed E-state index contributed by atoms with van der Waals surface area (Å²) in [6.45, 7) is 1.86. The Morgan fingerprint density at radius 3 is 2.34 bits per heavy atom. The zero-order chi connectivity index (χ0) is 20.8. The summed E-state index contributed by atoms with van der Waals surface area (Å²) in [5, 5.41) is 17.4. The second kappa shape index (κ2) is 8.88. The molecule has 0 aliphatic carbocycles. The standard InChI is InChI=1S/C22H21N3O4/c1-15(16-6-4-3-5-7-16)23-22(26)17-8-13-20(21(14-17)25(27)28)24-18-9-11-19(29-2)12-10-18/h3-15,24H,1-2H3,(H,23,26). The van der Waals surface area contributed by atoms with Crippen molar-refractivity contribution in [2.24, 2.45) is 0 Å². The van der Waals surface area contributed by atoms with Gasteiger partial charge in [0.15, 0.2) is 0 Å². The highest BCUT2D eigenvalue weighted by atomic mass is 16.6. The van der Waals surface area contributed by atoms with Crippen LogP contribution in [0, 0.1) is 10.1 Å². The average Bonchev–Trinajstić information content (AvgIpc) is 2.75. The molecule has 29 heavy (non-hydrogen) atoms. The van der Waals surface area contributed by atoms with Crippen LogP contribution in [0.4, 0.5) is 17.1 Å². The number of anilines is 2. The largest absolute Gasteiger partial charge is 0.497 e. The third-order valence-corrected chi connectivity index (χ3v) is 4.47. The summed E-state index contributed by atoms with van der Waals surface area (Å²) in [6.07, 6.45) is 0. The van der Waals surface area contributed by atoms with E-state index in [0.29, 0.717) is 17.1 Å². The van der Waals surface area contributed by atoms with Crippen LogP contribution in [0.15, 0.2) is 72.8 Å². The van der Waals surface area contributed by atoms with Gasteiger partial charge in [0.25, 0.3) is 11.6 Å². The van der Waals surface area contributed by atoms with Crippen LogP contribution < -0.4 is 15.4 Å². The van der Waals surface area contributed by atoms with Gasteiger partial charge in [-0.3, -0.25) is 14.9 Å². The maximum Gasteiger partial charge on any atom is 0.293 e. The van der Waals surface area contributed by atoms with E-state index in [1.165, 1.54) is 12.1 Å². The zero-order valence-corrected chi connectivity index (χ0v) is 16.1. The van der Waals surface area contributed by atoms with E-state index in [0.717, 1.165) is 5.56 Å². The third-order valence-electron chi connectivity index (χ3n) is 4.47. The fourth-order valence-corrected chi connectivity index (χ4v) is 2.86. The van der Waals surface area contributed by atoms with Crippen LogP contribution in [0.5, 0.6) is 5.75 Å². The predicted molar refractivity (Wildman–Crippen MR) is 112 cm³/mol. The Morgan fingerprint density at radius 1 is 1.03 bits per heavy atom. The molecule has 0 fully saturated rings. The quantitative estimate of drug-likeness (QED) is 0.444. The summed E-state index contributed by atoms with van der Waals surface area (Å²) in [4.78, 5) is 23.6. The van der Waals surface area contributed by atoms with Crippen LogP contribution >= 0.6 is 0 Å². The maximum atomic E-state index is 12.6. The van der Waals surface area contributed by atoms with Gasteiger partial charge < -0.3 is 15.4 Å². The minimum absolute atomic E-state index is 0.180. The Kier molecular flexibility index (Phi) is 6.09. The second-order valence-electron chi connectivity index (χ2n) is 6.45. The van der Waals surface area contributed by atoms with Crippen LogP contribution in [-0.4, -0.2) is 17.9 Å². The summed E-state index contributed by atoms with van der Waals surface area (Å²) in [7, 11) is 1.57. The number of ether oxygens (including phenoxy) is 1. The SMILES string of the molecule is COc1ccc(Nc2ccc(C(=O)NC(C)c3ccccc3)cc2[N+](=O)[O-])cc1. The van der Waals surface area contributed by atoms with Crippen molar-refractivity contribution in [1.29, 1.82) is 0 Å². The molecule has 0 saturated heterocycles. The first kappa shape index (κ1) is 19.9. The fourth-order valence-electron chi connectivity index (χ4n) is 2.86. The Morgan fingerprint density at radius 2 is 1.72 bits per heavy atom. The van der Waals surface area contributed by atoms with Crippen LogP contribution in [-0.2, 0) is 0 Å². The van der Waals surface area contributed by atoms with Crippen molar-refractivity contribution in [2.45, 2.75) is 13.0 Å². The number of nitrogens with zero attached hydrogens (tertiary/aromatic N) is 1. The number of methoxy groups -OCH3 is 1. The number of carbonyl (C=O) groups is 1. The highest BCUT2D eigenvalue weighted by Crippen LogP contribution is 2.29. The predicted octanol–water partition coefficient (Wildman–Crippen LogP) is 4.84. The van der Waals surface area contributed by atoms with E-state index in [-0.39, 0.29) is 23.2 Å². The number of nitro benzene ring substituents is 1. The van der Waals surface area contributed by atoms with Crippen molar-refractivity contribution in [2.75, 3.05) is 12.4 Å². The monoisotopic (exact) mass is 391 g/mol. The zero-order valence-electron chi connectivity index (χ0n) is 16.1. The van der Waals surface area contributed by atoms with Gasteiger partial charge in [-0.25, -0.2) is 0 Å². The Balaban J connectivity index is 1.79. The normalized spacial score (nSPS) is 11.4. The molecule has 148 valence electrons. The number of hydrogen-bond donors (Lipinski definition) is 2. The van der Waals surface area contributed by atoms with Crippen LogP contribution in [0.25, 0.3) is 0 Å². The van der Waals surface area contributed by atoms with Gasteiger partial charge in [0.05, 0.1) is 18.1 Å². The molecule has 7 heteroatoms. The molecule has 0 radical (unpaired) electrons. The summed E-state index contributed by atoms with van der Waals surface area (Å²) >= 11 is 0. The molecule has 1 amide bonds. The number of hydrogen-bond acceptors (Lipinski definition) is 5. The molecule has 3 aromatic carbocycles. The van der Waals surface area contributed by atoms with Gasteiger partial charge in [0, 0.05) is 17.3 Å². The molecule has 0 spiro atoms. The molecule has 0 aromatic heterocycles. The summed E-state index contributed by atoms with van der Waals surface area (Å²) in [5.41, 5.74) is 1.96. The average molecular weight is 391 g/mol. The number of nitro groups is 1. The molecule has 1 unspecified atom stereocenters. The van der Waals surface area contributed by atoms with Gasteiger partial charge in [0.1, 0.15) is 11.4 Å². The van der Waals surface area contributed by atoms with Gasteiger partial charge in [0.2, 0.25) is 0 Å². The topological polar surface area (TPSA) is 93.5 Å². The number of benzene rings is 3. The molecule has 0 bridgehead atoms. The van der Waals surface area contributed by atoms with Crippen molar-refractivity contribution in [3.63, 3.8) is 0 Å². The molecule has 1 atom stereocenters. The Labute approximate surface area is 168 Å². The minimum Gasteiger partial charge on any atom is -0.497 e. The van der Waals surface area contributed by atoms with Gasteiger partial charge in [-0.05, 0) is 48.9 Å². The van der Waals surface area contributed by atoms with E-state index >= 15 is 0 Å². The lowest BCUT2D eigenvalue weighted by Gasteiger charge is -2.15. The van der Waals surface area contributed by atoms with E-state index in [1.54, 1.807) is 37.4 Å². The van der Waals surface area contributed by atoms with Gasteiger partial charge in [-0.2, -0.15) is 0 Å². The molecule has 0 aliphatic rings. The highest BCUT2D eigenvalue weighted by molar-refractivity contribution is 5.96. The lowest BCUT2D eigenvalue weighted by atomic mass is 10.1. The summed E-state index contributed by atoms with van der Waals surface area (Å²) in [6, 6.07) is 20.7. The number of carbonyl (C=O) groups excluding carboxylic acids is 1. The first-order valence-electron chi connectivity index (χ1n) is 9.03. The molecule has 0 saturated carbocycles. The van der Waals surface area contributed by atoms with E-state index < -0.39 is 4.92 Å². The van der Waals surface area contributed by atoms with Crippen LogP contribution in [0.1, 0.15) is 28.9 Å². The van der Waals surface area contributed by atoms with E-state index in [9.17, 15) is 14.9 Å². The molecular weight excluding hydrogens is 370 g/mol. The van der Waals surface area contributed by atoms with Crippen molar-refractivity contribution >= 4 is 23.0 Å². The number of nitrogens with one attached hydrogen (secondary N) is 2. The molecule has 3 aromatic rings. The molecular formula is C22H21N3O4. The van der Waals surface area contributed by atoms with E-state index in [2.05, 4.69) is 10.6 Å². The Hall–Kier alpha value is -3.87. The smallest absolute Gasteiger partial charge is 0.293 e. The van der Waals surface area contributed by atoms with E-state index in [4.69, 9.17) is 4.74 Å². The molecule has 2 N–H and O–H groups in total. The molecule has 3 rings (SSSR count). The lowest BCUT2D eigenvalue weighted by molar-refractivity contribution is -0.383. The summed E-state index contributed by atoms with van der Waals surface area (Å²) < 4.78 is 5.11. The van der Waals surface area contributed by atoms with Gasteiger partial charge in [-0.1, -0.05) is 30.3 Å². The second-order valence-corrected chi connectivity index (χ2v) is 6.45. The van der Waals surface area contributed by atoms with E-state index in [1.807, 2.05) is 37.3 Å². The first-order chi connectivity index (χ1) is 14.0. The Bertz CT molecular complexity index is 1000. The van der Waals surface area contributed by atoms with Gasteiger partial charge >= 0.3 is 0 Å². The molecule has 0 heterocycles. The van der Waals surface area contributed by atoms with Gasteiger partial charge in [-0.15, -0.1) is 0 Å². The lowest BCUT2D eigenvalue weighted by Crippen LogP contribution is -2.26. The van der Waals surface area contributed by atoms with Crippen molar-refractivity contribution in [1.82, 2.24) is 5.32 Å². The van der Waals surface area contributed by atoms with Crippen molar-refractivity contribution in [3.8, 4) is 5.75 Å². The van der Waals surface area contributed by atoms with Crippen LogP contribution in [0.2, 0.25) is 0 Å². The third kappa shape index (κ3) is 4.90. The molecule has 7 nitrogen and oxygen atoms in total. The highest BCUT2D eigenvalue weighted by Gasteiger charge is 2.19. The maximum absolute atomic E-state index is 12.6. The first-order valence-corrected chi connectivity index (χ1v) is 9.03. The molecule has 0 aliphatic heterocycles. The number of amides is 1.